The summed E-state index contributed by atoms with van der Waals surface area (Å²) in [6.45, 7) is 5.34. The molecule has 1 aromatic heterocycles. The Labute approximate surface area is 116 Å². The minimum atomic E-state index is -0.938. The van der Waals surface area contributed by atoms with E-state index in [2.05, 4.69) is 4.98 Å². The second kappa shape index (κ2) is 5.28. The highest BCUT2D eigenvalue weighted by Crippen LogP contribution is 2.15. The highest BCUT2D eigenvalue weighted by molar-refractivity contribution is 5.71. The van der Waals surface area contributed by atoms with E-state index in [9.17, 15) is 9.59 Å². The Bertz CT molecular complexity index is 732. The summed E-state index contributed by atoms with van der Waals surface area (Å²) in [5.74, 6) is -0.938. The molecular formula is C15H16N2O3. The van der Waals surface area contributed by atoms with Crippen molar-refractivity contribution < 1.29 is 9.90 Å². The third-order valence-corrected chi connectivity index (χ3v) is 3.25. The van der Waals surface area contributed by atoms with Gasteiger partial charge in [-0.25, -0.2) is 4.79 Å². The van der Waals surface area contributed by atoms with Crippen molar-refractivity contribution in [3.8, 4) is 5.69 Å². The predicted octanol–water partition coefficient (Wildman–Crippen LogP) is 1.78. The fraction of sp³-hybridized carbons (Fsp3) is 0.267. The van der Waals surface area contributed by atoms with Crippen LogP contribution in [-0.2, 0) is 11.2 Å². The lowest BCUT2D eigenvalue weighted by atomic mass is 10.1. The van der Waals surface area contributed by atoms with Gasteiger partial charge in [-0.2, -0.15) is 4.98 Å². The van der Waals surface area contributed by atoms with Crippen LogP contribution in [0.25, 0.3) is 5.69 Å². The SMILES string of the molecule is Cc1cccc(-n2c(C)c(CC(=O)O)c(C)nc2=O)c1. The molecule has 1 N–H and O–H groups in total. The molecule has 0 atom stereocenters. The number of nitrogens with zero attached hydrogens (tertiary/aromatic N) is 2. The second-order valence-corrected chi connectivity index (χ2v) is 4.79. The van der Waals surface area contributed by atoms with Crippen molar-refractivity contribution in [2.75, 3.05) is 0 Å². The zero-order chi connectivity index (χ0) is 14.9. The van der Waals surface area contributed by atoms with Gasteiger partial charge in [-0.15, -0.1) is 0 Å². The first-order valence-electron chi connectivity index (χ1n) is 6.28. The summed E-state index contributed by atoms with van der Waals surface area (Å²) in [7, 11) is 0. The minimum Gasteiger partial charge on any atom is -0.481 e. The van der Waals surface area contributed by atoms with Gasteiger partial charge in [-0.05, 0) is 38.5 Å². The zero-order valence-corrected chi connectivity index (χ0v) is 11.7. The smallest absolute Gasteiger partial charge is 0.352 e. The number of carbonyl (C=O) groups is 1. The Morgan fingerprint density at radius 3 is 2.60 bits per heavy atom. The molecule has 104 valence electrons. The van der Waals surface area contributed by atoms with Gasteiger partial charge in [0.1, 0.15) is 0 Å². The van der Waals surface area contributed by atoms with Crippen LogP contribution in [0.5, 0.6) is 0 Å². The van der Waals surface area contributed by atoms with Crippen LogP contribution >= 0.6 is 0 Å². The van der Waals surface area contributed by atoms with E-state index < -0.39 is 5.97 Å². The Morgan fingerprint density at radius 1 is 1.30 bits per heavy atom. The fourth-order valence-corrected chi connectivity index (χ4v) is 2.28. The molecule has 0 amide bonds. The van der Waals surface area contributed by atoms with Gasteiger partial charge < -0.3 is 5.11 Å². The molecule has 2 aromatic rings. The van der Waals surface area contributed by atoms with Crippen LogP contribution in [0.2, 0.25) is 0 Å². The van der Waals surface area contributed by atoms with Crippen molar-refractivity contribution >= 4 is 5.97 Å². The molecule has 0 spiro atoms. The van der Waals surface area contributed by atoms with E-state index in [4.69, 9.17) is 5.11 Å². The lowest BCUT2D eigenvalue weighted by molar-refractivity contribution is -0.136. The number of aryl methyl sites for hydroxylation is 2. The maximum absolute atomic E-state index is 12.1. The van der Waals surface area contributed by atoms with Crippen molar-refractivity contribution in [2.24, 2.45) is 0 Å². The Hall–Kier alpha value is -2.43. The number of aliphatic carboxylic acids is 1. The minimum absolute atomic E-state index is 0.142. The molecule has 1 heterocycles. The number of aromatic nitrogens is 2. The van der Waals surface area contributed by atoms with Gasteiger partial charge in [0.25, 0.3) is 0 Å². The second-order valence-electron chi connectivity index (χ2n) is 4.79. The predicted molar refractivity (Wildman–Crippen MR) is 75.4 cm³/mol. The molecule has 1 aromatic carbocycles. The Balaban J connectivity index is 2.70. The fourth-order valence-electron chi connectivity index (χ4n) is 2.28. The average Bonchev–Trinajstić information content (AvgIpc) is 2.34. The van der Waals surface area contributed by atoms with E-state index >= 15 is 0 Å². The van der Waals surface area contributed by atoms with Gasteiger partial charge in [0.15, 0.2) is 0 Å². The molecular weight excluding hydrogens is 256 g/mol. The van der Waals surface area contributed by atoms with Crippen molar-refractivity contribution in [1.29, 1.82) is 0 Å². The quantitative estimate of drug-likeness (QED) is 0.924. The third-order valence-electron chi connectivity index (χ3n) is 3.25. The van der Waals surface area contributed by atoms with E-state index in [-0.39, 0.29) is 12.1 Å². The highest BCUT2D eigenvalue weighted by atomic mass is 16.4. The van der Waals surface area contributed by atoms with Gasteiger partial charge >= 0.3 is 11.7 Å². The van der Waals surface area contributed by atoms with Crippen LogP contribution in [0.4, 0.5) is 0 Å². The number of carboxylic acids is 1. The third kappa shape index (κ3) is 2.61. The summed E-state index contributed by atoms with van der Waals surface area (Å²) >= 11 is 0. The molecule has 0 aliphatic carbocycles. The van der Waals surface area contributed by atoms with E-state index in [0.717, 1.165) is 5.56 Å². The molecule has 0 unspecified atom stereocenters. The molecule has 0 fully saturated rings. The molecule has 0 aliphatic rings. The van der Waals surface area contributed by atoms with E-state index in [0.29, 0.717) is 22.6 Å². The lowest BCUT2D eigenvalue weighted by Crippen LogP contribution is -2.27. The summed E-state index contributed by atoms with van der Waals surface area (Å²) < 4.78 is 1.46. The van der Waals surface area contributed by atoms with Crippen molar-refractivity contribution in [2.45, 2.75) is 27.2 Å². The first kappa shape index (κ1) is 14.0. The van der Waals surface area contributed by atoms with Gasteiger partial charge in [-0.3, -0.25) is 9.36 Å². The summed E-state index contributed by atoms with van der Waals surface area (Å²) in [4.78, 5) is 27.0. The maximum Gasteiger partial charge on any atom is 0.352 e. The van der Waals surface area contributed by atoms with Crippen molar-refractivity contribution in [3.63, 3.8) is 0 Å². The molecule has 5 nitrogen and oxygen atoms in total. The van der Waals surface area contributed by atoms with Crippen molar-refractivity contribution in [1.82, 2.24) is 9.55 Å². The van der Waals surface area contributed by atoms with Crippen LogP contribution in [0.15, 0.2) is 29.1 Å². The van der Waals surface area contributed by atoms with Crippen LogP contribution in [0, 0.1) is 20.8 Å². The summed E-state index contributed by atoms with van der Waals surface area (Å²) in [6, 6.07) is 7.47. The van der Waals surface area contributed by atoms with E-state index in [1.807, 2.05) is 31.2 Å². The van der Waals surface area contributed by atoms with Crippen LogP contribution in [-0.4, -0.2) is 20.6 Å². The van der Waals surface area contributed by atoms with Gasteiger partial charge in [0.2, 0.25) is 0 Å². The number of hydrogen-bond acceptors (Lipinski definition) is 3. The standard InChI is InChI=1S/C15H16N2O3/c1-9-5-4-6-12(7-9)17-11(3)13(8-14(18)19)10(2)16-15(17)20/h4-7H,8H2,1-3H3,(H,18,19). The Kier molecular flexibility index (Phi) is 3.70. The highest BCUT2D eigenvalue weighted by Gasteiger charge is 2.15. The lowest BCUT2D eigenvalue weighted by Gasteiger charge is -2.14. The zero-order valence-electron chi connectivity index (χ0n) is 11.7. The molecule has 0 bridgehead atoms. The summed E-state index contributed by atoms with van der Waals surface area (Å²) in [5.41, 5.74) is 3.01. The van der Waals surface area contributed by atoms with Crippen LogP contribution in [0.3, 0.4) is 0 Å². The Morgan fingerprint density at radius 2 is 2.00 bits per heavy atom. The molecule has 0 saturated carbocycles. The van der Waals surface area contributed by atoms with E-state index in [1.54, 1.807) is 13.8 Å². The molecule has 0 saturated heterocycles. The normalized spacial score (nSPS) is 10.6. The summed E-state index contributed by atoms with van der Waals surface area (Å²) in [6.07, 6.45) is -0.142. The van der Waals surface area contributed by atoms with Gasteiger partial charge in [-0.1, -0.05) is 12.1 Å². The number of benzene rings is 1. The molecule has 0 radical (unpaired) electrons. The summed E-state index contributed by atoms with van der Waals surface area (Å²) in [5, 5.41) is 8.98. The average molecular weight is 272 g/mol. The largest absolute Gasteiger partial charge is 0.481 e. The van der Waals surface area contributed by atoms with Gasteiger partial charge in [0.05, 0.1) is 12.1 Å². The van der Waals surface area contributed by atoms with Crippen LogP contribution < -0.4 is 5.69 Å². The number of carboxylic acid groups (broad SMARTS) is 1. The van der Waals surface area contributed by atoms with Gasteiger partial charge in [0, 0.05) is 17.0 Å². The maximum atomic E-state index is 12.1. The molecule has 2 rings (SSSR count). The topological polar surface area (TPSA) is 72.2 Å². The number of rotatable bonds is 3. The van der Waals surface area contributed by atoms with Crippen molar-refractivity contribution in [3.05, 3.63) is 57.3 Å². The molecule has 20 heavy (non-hydrogen) atoms. The molecule has 5 heteroatoms. The van der Waals surface area contributed by atoms with E-state index in [1.165, 1.54) is 4.57 Å². The monoisotopic (exact) mass is 272 g/mol. The first-order valence-corrected chi connectivity index (χ1v) is 6.28. The number of hydrogen-bond donors (Lipinski definition) is 1. The molecule has 0 aliphatic heterocycles. The van der Waals surface area contributed by atoms with Crippen LogP contribution in [0.1, 0.15) is 22.5 Å². The first-order chi connectivity index (χ1) is 9.40.